The summed E-state index contributed by atoms with van der Waals surface area (Å²) in [6, 6.07) is 3.89. The number of aromatic nitrogens is 2. The van der Waals surface area contributed by atoms with E-state index >= 15 is 0 Å². The highest BCUT2D eigenvalue weighted by Crippen LogP contribution is 2.44. The Morgan fingerprint density at radius 2 is 1.69 bits per heavy atom. The summed E-state index contributed by atoms with van der Waals surface area (Å²) < 4.78 is 55.4. The molecular formula is C35H54ClN4O10PS. The zero-order valence-electron chi connectivity index (χ0n) is 30.0. The van der Waals surface area contributed by atoms with Crippen LogP contribution in [0.3, 0.4) is 0 Å². The zero-order valence-corrected chi connectivity index (χ0v) is 32.4. The third kappa shape index (κ3) is 12.4. The number of hydrogen-bond donors (Lipinski definition) is 4. The normalized spacial score (nSPS) is 22.1. The van der Waals surface area contributed by atoms with E-state index in [1.165, 1.54) is 62.1 Å². The van der Waals surface area contributed by atoms with Gasteiger partial charge in [-0.05, 0) is 25.3 Å². The van der Waals surface area contributed by atoms with Crippen molar-refractivity contribution >= 4 is 51.7 Å². The molecule has 1 unspecified atom stereocenters. The van der Waals surface area contributed by atoms with Crippen LogP contribution in [0.2, 0.25) is 5.15 Å². The predicted molar refractivity (Wildman–Crippen MR) is 197 cm³/mol. The van der Waals surface area contributed by atoms with Crippen LogP contribution in [0.15, 0.2) is 12.3 Å². The smallest absolute Gasteiger partial charge is 0.346 e. The number of sulfone groups is 1. The molecular weight excluding hydrogens is 735 g/mol. The van der Waals surface area contributed by atoms with Crippen molar-refractivity contribution in [2.45, 2.75) is 147 Å². The van der Waals surface area contributed by atoms with Gasteiger partial charge in [-0.15, -0.1) is 0 Å². The highest BCUT2D eigenvalue weighted by atomic mass is 35.5. The Bertz CT molecular complexity index is 1660. The van der Waals surface area contributed by atoms with Gasteiger partial charge in [-0.2, -0.15) is 5.26 Å². The fourth-order valence-electron chi connectivity index (χ4n) is 6.91. The molecule has 0 radical (unpaired) electrons. The fourth-order valence-corrected chi connectivity index (χ4v) is 10.8. The minimum absolute atomic E-state index is 0.0728. The minimum atomic E-state index is -4.78. The Morgan fingerprint density at radius 1 is 1.08 bits per heavy atom. The lowest BCUT2D eigenvalue weighted by Crippen LogP contribution is -2.36. The first kappa shape index (κ1) is 42.5. The molecule has 0 spiro atoms. The summed E-state index contributed by atoms with van der Waals surface area (Å²) in [5.41, 5.74) is -0.420. The van der Waals surface area contributed by atoms with Gasteiger partial charge in [0.2, 0.25) is 6.79 Å². The van der Waals surface area contributed by atoms with E-state index in [1.807, 2.05) is 0 Å². The van der Waals surface area contributed by atoms with Crippen LogP contribution in [0.4, 0.5) is 5.69 Å². The van der Waals surface area contributed by atoms with Crippen LogP contribution < -0.4 is 5.32 Å². The summed E-state index contributed by atoms with van der Waals surface area (Å²) in [4.78, 5) is 26.6. The molecule has 292 valence electrons. The Hall–Kier alpha value is -2.28. The Kier molecular flexibility index (Phi) is 16.7. The molecule has 2 aromatic heterocycles. The summed E-state index contributed by atoms with van der Waals surface area (Å²) >= 11 is 6.38. The number of nitrogens with one attached hydrogen (secondary N) is 1. The Morgan fingerprint density at radius 3 is 2.31 bits per heavy atom. The molecule has 1 aliphatic carbocycles. The summed E-state index contributed by atoms with van der Waals surface area (Å²) in [6.45, 7) is 1.33. The van der Waals surface area contributed by atoms with Crippen molar-refractivity contribution in [3.8, 4) is 6.07 Å². The molecule has 1 aliphatic heterocycles. The lowest BCUT2D eigenvalue weighted by Gasteiger charge is -2.19. The van der Waals surface area contributed by atoms with Crippen molar-refractivity contribution in [3.05, 3.63) is 23.0 Å². The molecule has 2 aromatic rings. The number of carbonyl (C=O) groups excluding carboxylic acids is 1. The van der Waals surface area contributed by atoms with Gasteiger partial charge in [0.25, 0.3) is 0 Å². The molecule has 14 nitrogen and oxygen atoms in total. The fraction of sp³-hybridized carbons (Fsp3) is 0.743. The van der Waals surface area contributed by atoms with Crippen LogP contribution in [0.5, 0.6) is 0 Å². The second kappa shape index (κ2) is 20.4. The average Bonchev–Trinajstić information content (AvgIpc) is 3.81. The molecule has 0 amide bonds. The van der Waals surface area contributed by atoms with Crippen molar-refractivity contribution < 1.29 is 46.9 Å². The second-order valence-corrected chi connectivity index (χ2v) is 18.7. The van der Waals surface area contributed by atoms with E-state index in [9.17, 15) is 38.1 Å². The molecule has 5 atom stereocenters. The summed E-state index contributed by atoms with van der Waals surface area (Å²) in [5.74, 6) is -1.52. The van der Waals surface area contributed by atoms with Gasteiger partial charge in [-0.1, -0.05) is 102 Å². The van der Waals surface area contributed by atoms with Gasteiger partial charge in [0.1, 0.15) is 35.6 Å². The molecule has 4 N–H and O–H groups in total. The Labute approximate surface area is 311 Å². The number of unbranched alkanes of at least 4 members (excludes halogenated alkanes) is 11. The lowest BCUT2D eigenvalue weighted by molar-refractivity contribution is -0.150. The molecule has 1 saturated carbocycles. The average molecular weight is 789 g/mol. The molecule has 3 heterocycles. The first-order chi connectivity index (χ1) is 24.9. The molecule has 4 rings (SSSR count). The highest BCUT2D eigenvalue weighted by molar-refractivity contribution is 7.97. The van der Waals surface area contributed by atoms with Crippen molar-refractivity contribution in [2.24, 2.45) is 0 Å². The number of fused-ring (bicyclic) bond motifs is 1. The van der Waals surface area contributed by atoms with Crippen molar-refractivity contribution in [1.29, 1.82) is 5.26 Å². The monoisotopic (exact) mass is 788 g/mol. The number of pyridine rings is 1. The van der Waals surface area contributed by atoms with Gasteiger partial charge < -0.3 is 34.5 Å². The maximum Gasteiger partial charge on any atom is 0.346 e. The number of hydrogen-bond acceptors (Lipinski definition) is 12. The largest absolute Gasteiger partial charge is 0.438 e. The van der Waals surface area contributed by atoms with Crippen molar-refractivity contribution in [1.82, 2.24) is 9.55 Å². The number of carbonyl (C=O) groups is 1. The number of nitrogens with zero attached hydrogens (tertiary/aromatic N) is 3. The van der Waals surface area contributed by atoms with Crippen LogP contribution in [-0.2, 0) is 33.2 Å². The third-order valence-electron chi connectivity index (χ3n) is 9.73. The van der Waals surface area contributed by atoms with Gasteiger partial charge in [0.15, 0.2) is 26.7 Å². The third-order valence-corrected chi connectivity index (χ3v) is 14.2. The maximum absolute atomic E-state index is 13.0. The molecule has 2 aliphatic rings. The number of esters is 1. The number of ether oxygens (including phenoxy) is 2. The molecule has 1 saturated heterocycles. The van der Waals surface area contributed by atoms with Crippen LogP contribution in [0.25, 0.3) is 11.0 Å². The first-order valence-corrected chi connectivity index (χ1v) is 22.5. The van der Waals surface area contributed by atoms with Crippen LogP contribution in [0.1, 0.15) is 128 Å². The van der Waals surface area contributed by atoms with Gasteiger partial charge in [-0.3, -0.25) is 13.9 Å². The molecule has 17 heteroatoms. The van der Waals surface area contributed by atoms with Crippen molar-refractivity contribution in [3.63, 3.8) is 0 Å². The molecule has 0 bridgehead atoms. The van der Waals surface area contributed by atoms with E-state index in [4.69, 9.17) is 25.6 Å². The molecule has 52 heavy (non-hydrogen) atoms. The van der Waals surface area contributed by atoms with E-state index in [0.717, 1.165) is 44.9 Å². The van der Waals surface area contributed by atoms with Crippen molar-refractivity contribution in [2.75, 3.05) is 23.4 Å². The lowest BCUT2D eigenvalue weighted by atomic mass is 10.0. The molecule has 0 aromatic carbocycles. The number of aliphatic hydroxyl groups excluding tert-OH is 2. The first-order valence-electron chi connectivity index (χ1n) is 18.6. The van der Waals surface area contributed by atoms with E-state index in [-0.39, 0.29) is 28.8 Å². The van der Waals surface area contributed by atoms with E-state index < -0.39 is 66.0 Å². The van der Waals surface area contributed by atoms with E-state index in [0.29, 0.717) is 17.5 Å². The van der Waals surface area contributed by atoms with Crippen LogP contribution >= 0.6 is 19.2 Å². The number of halogens is 1. The topological polar surface area (TPSA) is 210 Å². The van der Waals surface area contributed by atoms with Gasteiger partial charge >= 0.3 is 13.6 Å². The van der Waals surface area contributed by atoms with Crippen LogP contribution in [0, 0.1) is 11.3 Å². The number of nitriles is 1. The maximum atomic E-state index is 13.0. The Balaban J connectivity index is 1.21. The quantitative estimate of drug-likeness (QED) is 0.0304. The minimum Gasteiger partial charge on any atom is -0.438 e. The highest BCUT2D eigenvalue weighted by Gasteiger charge is 2.47. The number of anilines is 1. The van der Waals surface area contributed by atoms with E-state index in [1.54, 1.807) is 6.07 Å². The van der Waals surface area contributed by atoms with Crippen LogP contribution in [-0.4, -0.2) is 81.4 Å². The predicted octanol–water partition coefficient (Wildman–Crippen LogP) is 6.70. The summed E-state index contributed by atoms with van der Waals surface area (Å²) in [6.07, 6.45) is 13.3. The standard InChI is InChI=1S/C35H54ClN4O10PS/c1-2-3-4-5-6-7-8-9-10-11-12-13-18-29(41)48-23-49-51(44,45)24-52(46,47)22-28-31(42)32(43)35(50-28)40-20-19-26-30(38-25-16-14-15-17-25)27(21-37)33(36)39-34(26)40/h19-20,25,28,31-32,35,42-43H,2-18,22-24H2,1H3,(H,38,39)(H,44,45)/t28-,31-,32-,35-/m1/s1. The van der Waals surface area contributed by atoms with Gasteiger partial charge in [-0.25, -0.2) is 13.4 Å². The second-order valence-electron chi connectivity index (χ2n) is 14.0. The number of rotatable bonds is 23. The summed E-state index contributed by atoms with van der Waals surface area (Å²) in [7, 11) is -9.18. The van der Waals surface area contributed by atoms with Gasteiger partial charge in [0, 0.05) is 24.0 Å². The zero-order chi connectivity index (χ0) is 37.7. The molecule has 2 fully saturated rings. The number of aliphatic hydroxyl groups is 2. The van der Waals surface area contributed by atoms with E-state index in [2.05, 4.69) is 23.3 Å². The summed E-state index contributed by atoms with van der Waals surface area (Å²) in [5, 5.41) is 35.3. The van der Waals surface area contributed by atoms with Gasteiger partial charge in [0.05, 0.1) is 11.4 Å². The SMILES string of the molecule is CCCCCCCCCCCCCCC(=O)OCOP(=O)(O)CS(=O)(=O)C[C@H]1O[C@@H](n2ccc3c(NC4CCCC4)c(C#N)c(Cl)nc32)[C@H](O)[C@@H]1O.